The summed E-state index contributed by atoms with van der Waals surface area (Å²) in [7, 11) is 0. The van der Waals surface area contributed by atoms with E-state index in [2.05, 4.69) is 10.5 Å². The fourth-order valence-corrected chi connectivity index (χ4v) is 3.36. The smallest absolute Gasteiger partial charge is 0.232 e. The first-order valence-corrected chi connectivity index (χ1v) is 9.04. The first-order chi connectivity index (χ1) is 13.6. The van der Waals surface area contributed by atoms with Crippen molar-refractivity contribution in [2.45, 2.75) is 24.8 Å². The number of hydrogen-bond acceptors (Lipinski definition) is 5. The SMILES string of the molecule is O=C(NCc1ccc(F)cc1)C1(c2cc(-c3ccc4c(c3)OCO4)on2)CC1. The van der Waals surface area contributed by atoms with Gasteiger partial charge in [-0.3, -0.25) is 4.79 Å². The van der Waals surface area contributed by atoms with Gasteiger partial charge in [0.15, 0.2) is 17.3 Å². The molecular formula is C21H17FN2O4. The molecule has 1 N–H and O–H groups in total. The summed E-state index contributed by atoms with van der Waals surface area (Å²) in [6.45, 7) is 0.547. The number of nitrogens with one attached hydrogen (secondary N) is 1. The van der Waals surface area contributed by atoms with Crippen LogP contribution in [0.4, 0.5) is 4.39 Å². The second kappa shape index (κ2) is 6.37. The molecule has 0 bridgehead atoms. The second-order valence-electron chi connectivity index (χ2n) is 7.04. The maximum atomic E-state index is 13.0. The highest BCUT2D eigenvalue weighted by Crippen LogP contribution is 2.49. The monoisotopic (exact) mass is 380 g/mol. The minimum absolute atomic E-state index is 0.0950. The summed E-state index contributed by atoms with van der Waals surface area (Å²) in [5.74, 6) is 1.54. The Balaban J connectivity index is 1.32. The predicted molar refractivity (Wildman–Crippen MR) is 97.2 cm³/mol. The molecule has 1 aliphatic carbocycles. The largest absolute Gasteiger partial charge is 0.454 e. The first-order valence-electron chi connectivity index (χ1n) is 9.04. The van der Waals surface area contributed by atoms with Crippen LogP contribution in [0.1, 0.15) is 24.1 Å². The Morgan fingerprint density at radius 1 is 1.07 bits per heavy atom. The molecule has 1 aliphatic heterocycles. The molecule has 0 saturated heterocycles. The van der Waals surface area contributed by atoms with Crippen molar-refractivity contribution in [3.63, 3.8) is 0 Å². The molecule has 0 spiro atoms. The van der Waals surface area contributed by atoms with Crippen molar-refractivity contribution in [1.29, 1.82) is 0 Å². The molecule has 2 aromatic carbocycles. The molecule has 7 heteroatoms. The van der Waals surface area contributed by atoms with Crippen LogP contribution in [0.2, 0.25) is 0 Å². The highest BCUT2D eigenvalue weighted by molar-refractivity contribution is 5.91. The number of carbonyl (C=O) groups excluding carboxylic acids is 1. The van der Waals surface area contributed by atoms with Crippen LogP contribution in [-0.2, 0) is 16.8 Å². The second-order valence-corrected chi connectivity index (χ2v) is 7.04. The average Bonchev–Trinajstić information content (AvgIpc) is 3.15. The number of amides is 1. The lowest BCUT2D eigenvalue weighted by Gasteiger charge is -2.12. The van der Waals surface area contributed by atoms with E-state index in [-0.39, 0.29) is 18.5 Å². The molecule has 2 aliphatic rings. The highest BCUT2D eigenvalue weighted by atomic mass is 19.1. The molecule has 0 radical (unpaired) electrons. The predicted octanol–water partition coefficient (Wildman–Crippen LogP) is 3.56. The minimum atomic E-state index is -0.655. The zero-order valence-electron chi connectivity index (χ0n) is 14.9. The minimum Gasteiger partial charge on any atom is -0.454 e. The average molecular weight is 380 g/mol. The Morgan fingerprint density at radius 2 is 1.86 bits per heavy atom. The molecule has 1 aromatic heterocycles. The Morgan fingerprint density at radius 3 is 2.64 bits per heavy atom. The Bertz CT molecular complexity index is 1040. The highest BCUT2D eigenvalue weighted by Gasteiger charge is 2.53. The van der Waals surface area contributed by atoms with E-state index in [0.29, 0.717) is 29.5 Å². The van der Waals surface area contributed by atoms with Crippen LogP contribution in [0.3, 0.4) is 0 Å². The lowest BCUT2D eigenvalue weighted by molar-refractivity contribution is -0.123. The van der Waals surface area contributed by atoms with Gasteiger partial charge in [0.05, 0.1) is 11.1 Å². The van der Waals surface area contributed by atoms with Gasteiger partial charge in [0, 0.05) is 18.2 Å². The first kappa shape index (κ1) is 16.8. The molecule has 1 amide bonds. The van der Waals surface area contributed by atoms with Crippen LogP contribution in [-0.4, -0.2) is 17.9 Å². The molecule has 6 nitrogen and oxygen atoms in total. The molecule has 0 unspecified atom stereocenters. The van der Waals surface area contributed by atoms with Gasteiger partial charge in [0.1, 0.15) is 5.82 Å². The van der Waals surface area contributed by atoms with Crippen LogP contribution in [0.25, 0.3) is 11.3 Å². The van der Waals surface area contributed by atoms with Crippen molar-refractivity contribution >= 4 is 5.91 Å². The number of nitrogens with zero attached hydrogens (tertiary/aromatic N) is 1. The van der Waals surface area contributed by atoms with E-state index in [9.17, 15) is 9.18 Å². The van der Waals surface area contributed by atoms with Crippen LogP contribution in [0.15, 0.2) is 53.1 Å². The Labute approximate surface area is 160 Å². The number of benzene rings is 2. The number of carbonyl (C=O) groups is 1. The van der Waals surface area contributed by atoms with Gasteiger partial charge in [0.25, 0.3) is 0 Å². The molecule has 1 saturated carbocycles. The summed E-state index contributed by atoms with van der Waals surface area (Å²) < 4.78 is 29.2. The van der Waals surface area contributed by atoms with Crippen LogP contribution < -0.4 is 14.8 Å². The van der Waals surface area contributed by atoms with Gasteiger partial charge in [-0.25, -0.2) is 4.39 Å². The van der Waals surface area contributed by atoms with Gasteiger partial charge in [-0.2, -0.15) is 0 Å². The molecular weight excluding hydrogens is 363 g/mol. The van der Waals surface area contributed by atoms with E-state index in [4.69, 9.17) is 14.0 Å². The van der Waals surface area contributed by atoms with Crippen LogP contribution >= 0.6 is 0 Å². The van der Waals surface area contributed by atoms with Crippen molar-refractivity contribution < 1.29 is 23.2 Å². The third-order valence-electron chi connectivity index (χ3n) is 5.21. The molecule has 2 heterocycles. The third-order valence-corrected chi connectivity index (χ3v) is 5.21. The normalized spacial score (nSPS) is 16.0. The fourth-order valence-electron chi connectivity index (χ4n) is 3.36. The number of halogens is 1. The number of rotatable bonds is 5. The standard InChI is InChI=1S/C21H17FN2O4/c22-15-4-1-13(2-5-15)11-23-20(25)21(7-8-21)19-10-17(28-24-19)14-3-6-16-18(9-14)27-12-26-16/h1-6,9-10H,7-8,11-12H2,(H,23,25). The van der Waals surface area contributed by atoms with E-state index in [0.717, 1.165) is 24.0 Å². The Hall–Kier alpha value is -3.35. The third kappa shape index (κ3) is 2.89. The maximum Gasteiger partial charge on any atom is 0.232 e. The zero-order valence-corrected chi connectivity index (χ0v) is 14.9. The molecule has 0 atom stereocenters. The molecule has 142 valence electrons. The number of aromatic nitrogens is 1. The quantitative estimate of drug-likeness (QED) is 0.733. The molecule has 1 fully saturated rings. The van der Waals surface area contributed by atoms with Crippen molar-refractivity contribution in [3.8, 4) is 22.8 Å². The van der Waals surface area contributed by atoms with E-state index in [1.807, 2.05) is 24.3 Å². The van der Waals surface area contributed by atoms with Crippen LogP contribution in [0.5, 0.6) is 11.5 Å². The summed E-state index contributed by atoms with van der Waals surface area (Å²) in [4.78, 5) is 12.8. The van der Waals surface area contributed by atoms with Gasteiger partial charge >= 0.3 is 0 Å². The van der Waals surface area contributed by atoms with E-state index in [1.165, 1.54) is 12.1 Å². The van der Waals surface area contributed by atoms with E-state index < -0.39 is 5.41 Å². The summed E-state index contributed by atoms with van der Waals surface area (Å²) in [6, 6.07) is 13.4. The van der Waals surface area contributed by atoms with Crippen molar-refractivity contribution in [2.75, 3.05) is 6.79 Å². The maximum absolute atomic E-state index is 13.0. The lowest BCUT2D eigenvalue weighted by Crippen LogP contribution is -2.34. The number of fused-ring (bicyclic) bond motifs is 1. The van der Waals surface area contributed by atoms with Gasteiger partial charge in [-0.15, -0.1) is 0 Å². The summed E-state index contributed by atoms with van der Waals surface area (Å²) in [5.41, 5.74) is 1.62. The topological polar surface area (TPSA) is 73.6 Å². The van der Waals surface area contributed by atoms with Crippen molar-refractivity contribution in [3.05, 3.63) is 65.6 Å². The van der Waals surface area contributed by atoms with Crippen LogP contribution in [0, 0.1) is 5.82 Å². The van der Waals surface area contributed by atoms with E-state index >= 15 is 0 Å². The summed E-state index contributed by atoms with van der Waals surface area (Å²) >= 11 is 0. The van der Waals surface area contributed by atoms with Crippen molar-refractivity contribution in [1.82, 2.24) is 10.5 Å². The lowest BCUT2D eigenvalue weighted by atomic mass is 10.00. The molecule has 5 rings (SSSR count). The summed E-state index contributed by atoms with van der Waals surface area (Å²) in [5, 5.41) is 7.07. The number of ether oxygens (including phenoxy) is 2. The van der Waals surface area contributed by atoms with Gasteiger partial charge in [0.2, 0.25) is 12.7 Å². The fraction of sp³-hybridized carbons (Fsp3) is 0.238. The Kier molecular flexibility index (Phi) is 3.82. The summed E-state index contributed by atoms with van der Waals surface area (Å²) in [6.07, 6.45) is 1.44. The van der Waals surface area contributed by atoms with Gasteiger partial charge in [-0.1, -0.05) is 17.3 Å². The molecule has 28 heavy (non-hydrogen) atoms. The van der Waals surface area contributed by atoms with E-state index in [1.54, 1.807) is 12.1 Å². The van der Waals surface area contributed by atoms with Gasteiger partial charge in [-0.05, 0) is 48.7 Å². The number of hydrogen-bond donors (Lipinski definition) is 1. The zero-order chi connectivity index (χ0) is 19.1. The van der Waals surface area contributed by atoms with Gasteiger partial charge < -0.3 is 19.3 Å². The molecule has 3 aromatic rings. The van der Waals surface area contributed by atoms with Crippen molar-refractivity contribution in [2.24, 2.45) is 0 Å².